The number of carbonyl (C=O) groups is 1. The molecule has 0 spiro atoms. The SMILES string of the molecule is COc1cc2c(cc1OC)[C@@H](c1cc3cc(C)c(C)cc3[nH]c1=O)N(C(=O)c1ccncc1)CC2. The van der Waals surface area contributed by atoms with Gasteiger partial charge in [-0.3, -0.25) is 14.6 Å². The Morgan fingerprint density at radius 3 is 2.37 bits per heavy atom. The molecule has 1 aliphatic heterocycles. The predicted molar refractivity (Wildman–Crippen MR) is 134 cm³/mol. The van der Waals surface area contributed by atoms with Crippen LogP contribution in [-0.4, -0.2) is 41.5 Å². The van der Waals surface area contributed by atoms with E-state index in [2.05, 4.69) is 16.0 Å². The fourth-order valence-electron chi connectivity index (χ4n) is 4.86. The Hall–Kier alpha value is -4.13. The Morgan fingerprint density at radius 1 is 0.971 bits per heavy atom. The zero-order valence-electron chi connectivity index (χ0n) is 20.2. The number of aryl methyl sites for hydroxylation is 2. The zero-order chi connectivity index (χ0) is 24.7. The van der Waals surface area contributed by atoms with Gasteiger partial charge in [-0.15, -0.1) is 0 Å². The number of hydrogen-bond acceptors (Lipinski definition) is 5. The molecule has 2 aromatic heterocycles. The van der Waals surface area contributed by atoms with Crippen LogP contribution in [0.4, 0.5) is 0 Å². The number of nitrogens with zero attached hydrogens (tertiary/aromatic N) is 2. The van der Waals surface area contributed by atoms with Crippen LogP contribution in [0.1, 0.15) is 44.2 Å². The van der Waals surface area contributed by atoms with Crippen molar-refractivity contribution in [3.05, 3.63) is 98.6 Å². The summed E-state index contributed by atoms with van der Waals surface area (Å²) in [5.74, 6) is 1.02. The lowest BCUT2D eigenvalue weighted by molar-refractivity contribution is 0.0693. The molecule has 0 unspecified atom stereocenters. The first-order valence-electron chi connectivity index (χ1n) is 11.5. The summed E-state index contributed by atoms with van der Waals surface area (Å²) in [7, 11) is 3.18. The molecular formula is C28H27N3O4. The third kappa shape index (κ3) is 3.93. The molecule has 3 heterocycles. The molecule has 2 aromatic carbocycles. The van der Waals surface area contributed by atoms with Gasteiger partial charge in [0.1, 0.15) is 0 Å². The number of fused-ring (bicyclic) bond motifs is 2. The van der Waals surface area contributed by atoms with E-state index in [0.717, 1.165) is 33.2 Å². The van der Waals surface area contributed by atoms with Crippen molar-refractivity contribution < 1.29 is 14.3 Å². The number of benzene rings is 2. The summed E-state index contributed by atoms with van der Waals surface area (Å²) in [5, 5.41) is 0.923. The number of aromatic nitrogens is 2. The number of H-pyrrole nitrogens is 1. The lowest BCUT2D eigenvalue weighted by Gasteiger charge is -2.38. The van der Waals surface area contributed by atoms with Gasteiger partial charge in [0.05, 0.1) is 20.3 Å². The average molecular weight is 470 g/mol. The van der Waals surface area contributed by atoms with Crippen molar-refractivity contribution in [1.82, 2.24) is 14.9 Å². The van der Waals surface area contributed by atoms with Crippen LogP contribution >= 0.6 is 0 Å². The summed E-state index contributed by atoms with van der Waals surface area (Å²) >= 11 is 0. The fraction of sp³-hybridized carbons (Fsp3) is 0.250. The molecule has 0 aliphatic carbocycles. The third-order valence-corrected chi connectivity index (χ3v) is 6.84. The van der Waals surface area contributed by atoms with Crippen molar-refractivity contribution >= 4 is 16.8 Å². The topological polar surface area (TPSA) is 84.5 Å². The second kappa shape index (κ2) is 8.91. The second-order valence-corrected chi connectivity index (χ2v) is 8.87. The maximum atomic E-state index is 13.7. The molecule has 1 aliphatic rings. The molecule has 35 heavy (non-hydrogen) atoms. The van der Waals surface area contributed by atoms with Gasteiger partial charge >= 0.3 is 0 Å². The van der Waals surface area contributed by atoms with E-state index >= 15 is 0 Å². The molecule has 1 amide bonds. The minimum atomic E-state index is -0.589. The first-order valence-corrected chi connectivity index (χ1v) is 11.5. The number of pyridine rings is 2. The molecule has 1 N–H and O–H groups in total. The molecule has 7 nitrogen and oxygen atoms in total. The maximum Gasteiger partial charge on any atom is 0.254 e. The molecular weight excluding hydrogens is 442 g/mol. The van der Waals surface area contributed by atoms with E-state index < -0.39 is 6.04 Å². The van der Waals surface area contributed by atoms with Gasteiger partial charge in [0.25, 0.3) is 11.5 Å². The number of nitrogens with one attached hydrogen (secondary N) is 1. The van der Waals surface area contributed by atoms with Gasteiger partial charge in [-0.1, -0.05) is 0 Å². The van der Waals surface area contributed by atoms with E-state index in [1.807, 2.05) is 38.1 Å². The quantitative estimate of drug-likeness (QED) is 0.481. The smallest absolute Gasteiger partial charge is 0.254 e. The standard InChI is InChI=1S/C28H27N3O4/c1-16-11-20-13-22(27(32)30-23(20)12-17(16)2)26-21-15-25(35-4)24(34-3)14-19(21)7-10-31(26)28(33)18-5-8-29-9-6-18/h5-6,8-9,11-15,26H,7,10H2,1-4H3,(H,30,32)/t26-/m0/s1. The highest BCUT2D eigenvalue weighted by Gasteiger charge is 2.35. The molecule has 0 radical (unpaired) electrons. The van der Waals surface area contributed by atoms with Gasteiger partial charge in [0.15, 0.2) is 11.5 Å². The normalized spacial score (nSPS) is 15.1. The van der Waals surface area contributed by atoms with Crippen LogP contribution in [0.5, 0.6) is 11.5 Å². The highest BCUT2D eigenvalue weighted by atomic mass is 16.5. The molecule has 178 valence electrons. The fourth-order valence-corrected chi connectivity index (χ4v) is 4.86. The number of ether oxygens (including phenoxy) is 2. The van der Waals surface area contributed by atoms with E-state index in [-0.39, 0.29) is 11.5 Å². The largest absolute Gasteiger partial charge is 0.493 e. The average Bonchev–Trinajstić information content (AvgIpc) is 2.88. The molecule has 5 rings (SSSR count). The second-order valence-electron chi connectivity index (χ2n) is 8.87. The molecule has 1 atom stereocenters. The molecule has 4 aromatic rings. The van der Waals surface area contributed by atoms with Crippen molar-refractivity contribution in [3.8, 4) is 11.5 Å². The number of hydrogen-bond donors (Lipinski definition) is 1. The molecule has 0 saturated heterocycles. The summed E-state index contributed by atoms with van der Waals surface area (Å²) in [4.78, 5) is 36.0. The van der Waals surface area contributed by atoms with E-state index in [0.29, 0.717) is 35.6 Å². The zero-order valence-corrected chi connectivity index (χ0v) is 20.2. The van der Waals surface area contributed by atoms with Crippen LogP contribution in [0.25, 0.3) is 10.9 Å². The lowest BCUT2D eigenvalue weighted by Crippen LogP contribution is -2.42. The predicted octanol–water partition coefficient (Wildman–Crippen LogP) is 4.35. The van der Waals surface area contributed by atoms with Gasteiger partial charge in [0, 0.05) is 35.6 Å². The minimum Gasteiger partial charge on any atom is -0.493 e. The van der Waals surface area contributed by atoms with Crippen LogP contribution in [0.15, 0.2) is 59.7 Å². The Labute approximate surface area is 203 Å². The van der Waals surface area contributed by atoms with Crippen molar-refractivity contribution in [2.24, 2.45) is 0 Å². The summed E-state index contributed by atoms with van der Waals surface area (Å²) in [6.07, 6.45) is 3.83. The molecule has 0 bridgehead atoms. The van der Waals surface area contributed by atoms with E-state index in [9.17, 15) is 9.59 Å². The summed E-state index contributed by atoms with van der Waals surface area (Å²) in [6.45, 7) is 4.53. The van der Waals surface area contributed by atoms with E-state index in [1.54, 1.807) is 43.6 Å². The van der Waals surface area contributed by atoms with E-state index in [4.69, 9.17) is 9.47 Å². The number of rotatable bonds is 4. The molecule has 0 fully saturated rings. The Balaban J connectivity index is 1.74. The number of carbonyl (C=O) groups excluding carboxylic acids is 1. The van der Waals surface area contributed by atoms with E-state index in [1.165, 1.54) is 0 Å². The Kier molecular flexibility index (Phi) is 5.76. The first kappa shape index (κ1) is 22.7. The number of amides is 1. The van der Waals surface area contributed by atoms with Crippen molar-refractivity contribution in [2.75, 3.05) is 20.8 Å². The monoisotopic (exact) mass is 469 g/mol. The summed E-state index contributed by atoms with van der Waals surface area (Å²) < 4.78 is 11.1. The van der Waals surface area contributed by atoms with Gasteiger partial charge in [-0.25, -0.2) is 0 Å². The van der Waals surface area contributed by atoms with Crippen LogP contribution in [0.3, 0.4) is 0 Å². The summed E-state index contributed by atoms with van der Waals surface area (Å²) in [5.41, 5.74) is 5.70. The molecule has 0 saturated carbocycles. The van der Waals surface area contributed by atoms with Crippen LogP contribution < -0.4 is 15.0 Å². The first-order chi connectivity index (χ1) is 16.9. The molecule has 7 heteroatoms. The van der Waals surface area contributed by atoms with Crippen molar-refractivity contribution in [1.29, 1.82) is 0 Å². The van der Waals surface area contributed by atoms with Crippen molar-refractivity contribution in [3.63, 3.8) is 0 Å². The highest BCUT2D eigenvalue weighted by Crippen LogP contribution is 2.41. The van der Waals surface area contributed by atoms with Crippen LogP contribution in [-0.2, 0) is 6.42 Å². The highest BCUT2D eigenvalue weighted by molar-refractivity contribution is 5.95. The van der Waals surface area contributed by atoms with Crippen LogP contribution in [0.2, 0.25) is 0 Å². The van der Waals surface area contributed by atoms with Crippen LogP contribution in [0, 0.1) is 13.8 Å². The Bertz CT molecular complexity index is 1490. The Morgan fingerprint density at radius 2 is 1.66 bits per heavy atom. The maximum absolute atomic E-state index is 13.7. The van der Waals surface area contributed by atoms with Gasteiger partial charge < -0.3 is 19.4 Å². The number of methoxy groups -OCH3 is 2. The van der Waals surface area contributed by atoms with Gasteiger partial charge in [-0.05, 0) is 90.4 Å². The number of aromatic amines is 1. The third-order valence-electron chi connectivity index (χ3n) is 6.84. The van der Waals surface area contributed by atoms with Gasteiger partial charge in [0.2, 0.25) is 0 Å². The summed E-state index contributed by atoms with van der Waals surface area (Å²) in [6, 6.07) is 12.6. The van der Waals surface area contributed by atoms with Crippen molar-refractivity contribution in [2.45, 2.75) is 26.3 Å². The lowest BCUT2D eigenvalue weighted by atomic mass is 9.87. The minimum absolute atomic E-state index is 0.155. The van der Waals surface area contributed by atoms with Gasteiger partial charge in [-0.2, -0.15) is 0 Å².